The van der Waals surface area contributed by atoms with E-state index in [-0.39, 0.29) is 6.61 Å². The minimum atomic E-state index is -4.77. The highest BCUT2D eigenvalue weighted by atomic mass is 19.4. The molecule has 0 bridgehead atoms. The van der Waals surface area contributed by atoms with E-state index in [1.54, 1.807) is 0 Å². The van der Waals surface area contributed by atoms with E-state index in [1.807, 2.05) is 0 Å². The van der Waals surface area contributed by atoms with E-state index in [4.69, 9.17) is 5.11 Å². The summed E-state index contributed by atoms with van der Waals surface area (Å²) in [6.07, 6.45) is -8.92. The summed E-state index contributed by atoms with van der Waals surface area (Å²) in [5, 5.41) is 28.3. The maximum atomic E-state index is 12.6. The zero-order valence-electron chi connectivity index (χ0n) is 11.3. The van der Waals surface area contributed by atoms with Crippen LogP contribution in [0, 0.1) is 0 Å². The maximum Gasteiger partial charge on any atom is 0.416 e. The lowest BCUT2D eigenvalue weighted by atomic mass is 9.96. The monoisotopic (exact) mass is 322 g/mol. The number of carboxylic acid groups (broad SMARTS) is 1. The number of hydrogen-bond donors (Lipinski definition) is 3. The van der Waals surface area contributed by atoms with Gasteiger partial charge in [-0.05, 0) is 24.6 Å². The number of benzene rings is 1. The van der Waals surface area contributed by atoms with Crippen molar-refractivity contribution in [1.82, 2.24) is 0 Å². The summed E-state index contributed by atoms with van der Waals surface area (Å²) in [5.74, 6) is -2.96. The SMILES string of the molecule is CCOC(=O)C(O)C(O)c1ccc(C(F)(F)F)cc1C(=O)O. The number of aliphatic hydroxyl groups is 2. The first-order chi connectivity index (χ1) is 10.1. The Morgan fingerprint density at radius 3 is 2.32 bits per heavy atom. The van der Waals surface area contributed by atoms with Gasteiger partial charge in [-0.25, -0.2) is 9.59 Å². The molecule has 2 unspecified atom stereocenters. The van der Waals surface area contributed by atoms with Crippen molar-refractivity contribution in [2.45, 2.75) is 25.3 Å². The fraction of sp³-hybridized carbons (Fsp3) is 0.385. The van der Waals surface area contributed by atoms with Crippen LogP contribution in [0.4, 0.5) is 13.2 Å². The summed E-state index contributed by atoms with van der Waals surface area (Å²) in [7, 11) is 0. The molecule has 1 rings (SSSR count). The second kappa shape index (κ2) is 6.75. The Kier molecular flexibility index (Phi) is 5.50. The number of carboxylic acids is 1. The molecule has 9 heteroatoms. The predicted molar refractivity (Wildman–Crippen MR) is 66.0 cm³/mol. The summed E-state index contributed by atoms with van der Waals surface area (Å²) >= 11 is 0. The highest BCUT2D eigenvalue weighted by Crippen LogP contribution is 2.32. The lowest BCUT2D eigenvalue weighted by Crippen LogP contribution is -2.31. The Bertz CT molecular complexity index is 569. The quantitative estimate of drug-likeness (QED) is 0.707. The number of esters is 1. The normalized spacial score (nSPS) is 14.3. The van der Waals surface area contributed by atoms with Gasteiger partial charge < -0.3 is 20.1 Å². The Morgan fingerprint density at radius 1 is 1.27 bits per heavy atom. The zero-order valence-corrected chi connectivity index (χ0v) is 11.3. The predicted octanol–water partition coefficient (Wildman–Crippen LogP) is 1.36. The third-order valence-corrected chi connectivity index (χ3v) is 2.76. The maximum absolute atomic E-state index is 12.6. The molecule has 0 spiro atoms. The van der Waals surface area contributed by atoms with E-state index >= 15 is 0 Å². The smallest absolute Gasteiger partial charge is 0.416 e. The van der Waals surface area contributed by atoms with Crippen molar-refractivity contribution >= 4 is 11.9 Å². The number of carbonyl (C=O) groups is 2. The van der Waals surface area contributed by atoms with E-state index in [0.29, 0.717) is 18.2 Å². The van der Waals surface area contributed by atoms with Gasteiger partial charge in [-0.2, -0.15) is 13.2 Å². The number of aliphatic hydroxyl groups excluding tert-OH is 2. The first-order valence-electron chi connectivity index (χ1n) is 6.06. The van der Waals surface area contributed by atoms with Crippen molar-refractivity contribution in [3.63, 3.8) is 0 Å². The van der Waals surface area contributed by atoms with E-state index in [1.165, 1.54) is 6.92 Å². The highest BCUT2D eigenvalue weighted by Gasteiger charge is 2.34. The number of halogens is 3. The molecule has 0 saturated heterocycles. The van der Waals surface area contributed by atoms with Crippen LogP contribution >= 0.6 is 0 Å². The second-order valence-corrected chi connectivity index (χ2v) is 4.25. The third-order valence-electron chi connectivity index (χ3n) is 2.76. The van der Waals surface area contributed by atoms with Gasteiger partial charge >= 0.3 is 18.1 Å². The van der Waals surface area contributed by atoms with E-state index < -0.39 is 47.0 Å². The Morgan fingerprint density at radius 2 is 1.86 bits per heavy atom. The van der Waals surface area contributed by atoms with Crippen molar-refractivity contribution in [3.8, 4) is 0 Å². The molecule has 1 aromatic carbocycles. The third kappa shape index (κ3) is 3.95. The van der Waals surface area contributed by atoms with Crippen LogP contribution in [0.25, 0.3) is 0 Å². The lowest BCUT2D eigenvalue weighted by molar-refractivity contribution is -0.159. The molecule has 1 aromatic rings. The molecule has 0 aliphatic carbocycles. The number of aromatic carboxylic acids is 1. The van der Waals surface area contributed by atoms with Crippen LogP contribution in [0.15, 0.2) is 18.2 Å². The molecule has 6 nitrogen and oxygen atoms in total. The summed E-state index contributed by atoms with van der Waals surface area (Å²) in [4.78, 5) is 22.4. The van der Waals surface area contributed by atoms with E-state index in [2.05, 4.69) is 4.74 Å². The minimum Gasteiger partial charge on any atom is -0.478 e. The first-order valence-corrected chi connectivity index (χ1v) is 6.06. The van der Waals surface area contributed by atoms with Gasteiger partial charge in [0.05, 0.1) is 17.7 Å². The van der Waals surface area contributed by atoms with Crippen molar-refractivity contribution in [2.75, 3.05) is 6.61 Å². The van der Waals surface area contributed by atoms with Gasteiger partial charge in [0, 0.05) is 0 Å². The van der Waals surface area contributed by atoms with Crippen LogP contribution in [-0.2, 0) is 15.7 Å². The van der Waals surface area contributed by atoms with Gasteiger partial charge in [-0.3, -0.25) is 0 Å². The molecule has 0 aliphatic heterocycles. The van der Waals surface area contributed by atoms with Gasteiger partial charge in [0.2, 0.25) is 0 Å². The summed E-state index contributed by atoms with van der Waals surface area (Å²) in [5.41, 5.74) is -2.63. The Balaban J connectivity index is 3.24. The molecule has 0 aromatic heterocycles. The van der Waals surface area contributed by atoms with Crippen LogP contribution < -0.4 is 0 Å². The zero-order chi connectivity index (χ0) is 17.1. The molecule has 0 aliphatic rings. The van der Waals surface area contributed by atoms with Crippen LogP contribution in [0.2, 0.25) is 0 Å². The standard InChI is InChI=1S/C13H13F3O6/c1-2-22-12(21)10(18)9(17)7-4-3-6(13(14,15)16)5-8(7)11(19)20/h3-5,9-10,17-18H,2H2,1H3,(H,19,20). The molecule has 0 heterocycles. The van der Waals surface area contributed by atoms with E-state index in [9.17, 15) is 33.0 Å². The van der Waals surface area contributed by atoms with E-state index in [0.717, 1.165) is 0 Å². The van der Waals surface area contributed by atoms with Crippen LogP contribution in [0.5, 0.6) is 0 Å². The average molecular weight is 322 g/mol. The lowest BCUT2D eigenvalue weighted by Gasteiger charge is -2.19. The molecule has 3 N–H and O–H groups in total. The molecule has 22 heavy (non-hydrogen) atoms. The number of alkyl halides is 3. The Labute approximate surface area is 122 Å². The van der Waals surface area contributed by atoms with Crippen molar-refractivity contribution in [3.05, 3.63) is 34.9 Å². The van der Waals surface area contributed by atoms with Gasteiger partial charge in [-0.15, -0.1) is 0 Å². The molecule has 0 saturated carbocycles. The summed E-state index contributed by atoms with van der Waals surface area (Å²) in [6.45, 7) is 1.35. The van der Waals surface area contributed by atoms with Gasteiger partial charge in [-0.1, -0.05) is 6.07 Å². The summed E-state index contributed by atoms with van der Waals surface area (Å²) in [6, 6.07) is 1.56. The molecule has 2 atom stereocenters. The number of rotatable bonds is 5. The minimum absolute atomic E-state index is 0.0958. The highest BCUT2D eigenvalue weighted by molar-refractivity contribution is 5.90. The molecule has 0 amide bonds. The van der Waals surface area contributed by atoms with Crippen LogP contribution in [0.3, 0.4) is 0 Å². The fourth-order valence-corrected chi connectivity index (χ4v) is 1.70. The number of hydrogen-bond acceptors (Lipinski definition) is 5. The van der Waals surface area contributed by atoms with Crippen LogP contribution in [-0.4, -0.2) is 40.0 Å². The number of ether oxygens (including phenoxy) is 1. The van der Waals surface area contributed by atoms with Crippen molar-refractivity contribution in [1.29, 1.82) is 0 Å². The number of carbonyl (C=O) groups excluding carboxylic acids is 1. The fourth-order valence-electron chi connectivity index (χ4n) is 1.70. The van der Waals surface area contributed by atoms with Gasteiger partial charge in [0.25, 0.3) is 0 Å². The van der Waals surface area contributed by atoms with Gasteiger partial charge in [0.15, 0.2) is 6.10 Å². The molecule has 0 fully saturated rings. The first kappa shape index (κ1) is 17.9. The molecule has 122 valence electrons. The second-order valence-electron chi connectivity index (χ2n) is 4.25. The van der Waals surface area contributed by atoms with Crippen molar-refractivity contribution < 1.29 is 42.8 Å². The molecule has 0 radical (unpaired) electrons. The summed E-state index contributed by atoms with van der Waals surface area (Å²) < 4.78 is 42.2. The van der Waals surface area contributed by atoms with Crippen LogP contribution in [0.1, 0.15) is 34.5 Å². The average Bonchev–Trinajstić information content (AvgIpc) is 2.44. The molecular formula is C13H13F3O6. The molecular weight excluding hydrogens is 309 g/mol. The topological polar surface area (TPSA) is 104 Å². The Hall–Kier alpha value is -2.13. The van der Waals surface area contributed by atoms with Crippen molar-refractivity contribution in [2.24, 2.45) is 0 Å². The largest absolute Gasteiger partial charge is 0.478 e. The van der Waals surface area contributed by atoms with Gasteiger partial charge in [0.1, 0.15) is 6.10 Å².